The first kappa shape index (κ1) is 37.0. The van der Waals surface area contributed by atoms with E-state index in [0.29, 0.717) is 85.4 Å². The SMILES string of the molecule is CCCC(CCC)OCCOCCOCCOCCOCCOCCOCCC(C)CCCCCCCl. The van der Waals surface area contributed by atoms with Gasteiger partial charge in [-0.25, -0.2) is 0 Å². The summed E-state index contributed by atoms with van der Waals surface area (Å²) in [5.41, 5.74) is 0. The fourth-order valence-electron chi connectivity index (χ4n) is 3.80. The molecule has 1 unspecified atom stereocenters. The van der Waals surface area contributed by atoms with Crippen molar-refractivity contribution in [1.29, 1.82) is 0 Å². The fraction of sp³-hybridized carbons (Fsp3) is 1.00. The molecule has 0 bridgehead atoms. The maximum Gasteiger partial charge on any atom is 0.0704 e. The number of hydrogen-bond acceptors (Lipinski definition) is 7. The average Bonchev–Trinajstić information content (AvgIpc) is 2.89. The molecule has 0 rings (SSSR count). The number of alkyl halides is 1. The van der Waals surface area contributed by atoms with Crippen molar-refractivity contribution in [1.82, 2.24) is 0 Å². The summed E-state index contributed by atoms with van der Waals surface area (Å²) in [7, 11) is 0. The number of hydrogen-bond donors (Lipinski definition) is 0. The second kappa shape index (κ2) is 32.2. The quantitative estimate of drug-likeness (QED) is 0.0715. The van der Waals surface area contributed by atoms with Gasteiger partial charge in [0.15, 0.2) is 0 Å². The van der Waals surface area contributed by atoms with Gasteiger partial charge in [0.2, 0.25) is 0 Å². The zero-order chi connectivity index (χ0) is 27.1. The third-order valence-corrected chi connectivity index (χ3v) is 6.27. The molecule has 0 aliphatic heterocycles. The van der Waals surface area contributed by atoms with Crippen LogP contribution in [0.3, 0.4) is 0 Å². The lowest BCUT2D eigenvalue weighted by Gasteiger charge is -2.16. The molecular weight excluding hydrogens is 496 g/mol. The minimum absolute atomic E-state index is 0.374. The molecule has 0 amide bonds. The van der Waals surface area contributed by atoms with Gasteiger partial charge in [0.05, 0.1) is 85.4 Å². The lowest BCUT2D eigenvalue weighted by atomic mass is 10.00. The van der Waals surface area contributed by atoms with Gasteiger partial charge < -0.3 is 33.2 Å². The Balaban J connectivity index is 3.17. The van der Waals surface area contributed by atoms with Crippen LogP contribution in [0.25, 0.3) is 0 Å². The van der Waals surface area contributed by atoms with E-state index in [1.807, 2.05) is 0 Å². The first-order valence-corrected chi connectivity index (χ1v) is 15.4. The Morgan fingerprint density at radius 2 is 0.865 bits per heavy atom. The van der Waals surface area contributed by atoms with E-state index in [2.05, 4.69) is 20.8 Å². The minimum atomic E-state index is 0.374. The number of ether oxygens (including phenoxy) is 7. The predicted octanol–water partition coefficient (Wildman–Crippen LogP) is 6.29. The molecule has 0 fully saturated rings. The summed E-state index contributed by atoms with van der Waals surface area (Å²) in [5, 5.41) is 0. The summed E-state index contributed by atoms with van der Waals surface area (Å²) in [4.78, 5) is 0. The Labute approximate surface area is 233 Å². The van der Waals surface area contributed by atoms with Gasteiger partial charge in [-0.1, -0.05) is 59.3 Å². The van der Waals surface area contributed by atoms with Crippen molar-refractivity contribution in [3.8, 4) is 0 Å². The summed E-state index contributed by atoms with van der Waals surface area (Å²) >= 11 is 5.70. The fourth-order valence-corrected chi connectivity index (χ4v) is 3.99. The Morgan fingerprint density at radius 3 is 1.30 bits per heavy atom. The van der Waals surface area contributed by atoms with Gasteiger partial charge in [-0.2, -0.15) is 0 Å². The summed E-state index contributed by atoms with van der Waals surface area (Å²) in [6.45, 7) is 14.6. The van der Waals surface area contributed by atoms with Gasteiger partial charge in [-0.3, -0.25) is 0 Å². The average molecular weight is 555 g/mol. The van der Waals surface area contributed by atoms with Crippen molar-refractivity contribution in [3.05, 3.63) is 0 Å². The van der Waals surface area contributed by atoms with Crippen LogP contribution in [0.4, 0.5) is 0 Å². The van der Waals surface area contributed by atoms with E-state index < -0.39 is 0 Å². The molecule has 7 nitrogen and oxygen atoms in total. The highest BCUT2D eigenvalue weighted by atomic mass is 35.5. The van der Waals surface area contributed by atoms with Gasteiger partial charge in [-0.05, 0) is 31.6 Å². The molecule has 0 radical (unpaired) electrons. The monoisotopic (exact) mass is 554 g/mol. The molecule has 0 N–H and O–H groups in total. The van der Waals surface area contributed by atoms with E-state index in [0.717, 1.165) is 56.9 Å². The Morgan fingerprint density at radius 1 is 0.459 bits per heavy atom. The van der Waals surface area contributed by atoms with E-state index in [1.54, 1.807) is 0 Å². The van der Waals surface area contributed by atoms with E-state index in [1.165, 1.54) is 25.7 Å². The molecule has 0 aromatic carbocycles. The molecule has 0 aliphatic rings. The second-order valence-electron chi connectivity index (χ2n) is 9.53. The molecule has 0 heterocycles. The second-order valence-corrected chi connectivity index (χ2v) is 9.91. The Bertz CT molecular complexity index is 412. The van der Waals surface area contributed by atoms with Crippen molar-refractivity contribution in [2.75, 3.05) is 91.8 Å². The number of unbranched alkanes of at least 4 members (excludes halogenated alkanes) is 3. The maximum absolute atomic E-state index is 5.87. The van der Waals surface area contributed by atoms with Gasteiger partial charge in [-0.15, -0.1) is 11.6 Å². The molecule has 1 atom stereocenters. The van der Waals surface area contributed by atoms with Gasteiger partial charge >= 0.3 is 0 Å². The maximum atomic E-state index is 5.87. The molecule has 0 saturated carbocycles. The standard InChI is InChI=1S/C29H59ClO7/c1-4-10-29(11-5-2)37-27-26-36-25-24-35-23-22-34-21-20-33-19-18-32-17-16-31-15-13-28(3)12-8-6-7-9-14-30/h28-29H,4-27H2,1-3H3. The van der Waals surface area contributed by atoms with Crippen LogP contribution in [0, 0.1) is 5.92 Å². The van der Waals surface area contributed by atoms with Crippen molar-refractivity contribution in [2.24, 2.45) is 5.92 Å². The predicted molar refractivity (Wildman–Crippen MR) is 152 cm³/mol. The van der Waals surface area contributed by atoms with E-state index in [9.17, 15) is 0 Å². The van der Waals surface area contributed by atoms with Crippen molar-refractivity contribution in [2.45, 2.75) is 91.1 Å². The lowest BCUT2D eigenvalue weighted by molar-refractivity contribution is -0.0291. The molecular formula is C29H59ClO7. The van der Waals surface area contributed by atoms with Crippen molar-refractivity contribution in [3.63, 3.8) is 0 Å². The van der Waals surface area contributed by atoms with Crippen LogP contribution in [0.2, 0.25) is 0 Å². The molecule has 224 valence electrons. The summed E-state index contributed by atoms with van der Waals surface area (Å²) in [5.74, 6) is 1.51. The molecule has 0 spiro atoms. The summed E-state index contributed by atoms with van der Waals surface area (Å²) in [6, 6.07) is 0. The highest BCUT2D eigenvalue weighted by molar-refractivity contribution is 6.17. The highest BCUT2D eigenvalue weighted by Crippen LogP contribution is 2.14. The summed E-state index contributed by atoms with van der Waals surface area (Å²) < 4.78 is 39.2. The first-order valence-electron chi connectivity index (χ1n) is 14.9. The normalized spacial score (nSPS) is 12.6. The Hall–Kier alpha value is 0.01000. The third kappa shape index (κ3) is 30.4. The van der Waals surface area contributed by atoms with Crippen LogP contribution in [0.5, 0.6) is 0 Å². The molecule has 0 aromatic rings. The van der Waals surface area contributed by atoms with Crippen LogP contribution in [0.1, 0.15) is 85.0 Å². The van der Waals surface area contributed by atoms with Crippen molar-refractivity contribution >= 4 is 11.6 Å². The zero-order valence-corrected chi connectivity index (χ0v) is 25.1. The first-order chi connectivity index (χ1) is 18.2. The highest BCUT2D eigenvalue weighted by Gasteiger charge is 2.06. The van der Waals surface area contributed by atoms with E-state index in [-0.39, 0.29) is 0 Å². The van der Waals surface area contributed by atoms with Crippen LogP contribution in [-0.4, -0.2) is 97.9 Å². The topological polar surface area (TPSA) is 64.6 Å². The zero-order valence-electron chi connectivity index (χ0n) is 24.4. The van der Waals surface area contributed by atoms with Gasteiger partial charge in [0.25, 0.3) is 0 Å². The summed E-state index contributed by atoms with van der Waals surface area (Å²) in [6.07, 6.45) is 12.3. The lowest BCUT2D eigenvalue weighted by Crippen LogP contribution is -2.17. The Kier molecular flexibility index (Phi) is 32.2. The molecule has 0 aromatic heterocycles. The van der Waals surface area contributed by atoms with Crippen LogP contribution >= 0.6 is 11.6 Å². The van der Waals surface area contributed by atoms with E-state index >= 15 is 0 Å². The van der Waals surface area contributed by atoms with Crippen molar-refractivity contribution < 1.29 is 33.2 Å². The minimum Gasteiger partial charge on any atom is -0.379 e. The smallest absolute Gasteiger partial charge is 0.0704 e. The van der Waals surface area contributed by atoms with Crippen LogP contribution in [0.15, 0.2) is 0 Å². The molecule has 0 aliphatic carbocycles. The van der Waals surface area contributed by atoms with Crippen LogP contribution < -0.4 is 0 Å². The molecule has 37 heavy (non-hydrogen) atoms. The largest absolute Gasteiger partial charge is 0.379 e. The molecule has 0 saturated heterocycles. The number of rotatable bonds is 32. The van der Waals surface area contributed by atoms with Gasteiger partial charge in [0, 0.05) is 12.5 Å². The molecule has 8 heteroatoms. The van der Waals surface area contributed by atoms with E-state index in [4.69, 9.17) is 44.8 Å². The third-order valence-electron chi connectivity index (χ3n) is 6.00. The van der Waals surface area contributed by atoms with Crippen LogP contribution in [-0.2, 0) is 33.2 Å². The number of halogens is 1. The van der Waals surface area contributed by atoms with Gasteiger partial charge in [0.1, 0.15) is 0 Å².